The van der Waals surface area contributed by atoms with E-state index in [1.54, 1.807) is 13.8 Å². The molecular weight excluding hydrogens is 824 g/mol. The molecule has 7 rings (SSSR count). The average Bonchev–Trinajstić information content (AvgIpc) is 3.15. The number of carbonyl (C=O) groups is 4. The van der Waals surface area contributed by atoms with Gasteiger partial charge in [0.15, 0.2) is 0 Å². The summed E-state index contributed by atoms with van der Waals surface area (Å²) in [5.74, 6) is -5.75. The number of benzene rings is 5. The number of nitrogens with zero attached hydrogens (tertiary/aromatic N) is 2. The van der Waals surface area contributed by atoms with Crippen molar-refractivity contribution in [3.05, 3.63) is 68.8 Å². The van der Waals surface area contributed by atoms with Crippen LogP contribution in [0.5, 0.6) is 0 Å². The number of hydrogen-bond donors (Lipinski definition) is 0. The van der Waals surface area contributed by atoms with Crippen molar-refractivity contribution in [2.24, 2.45) is 0 Å². The highest BCUT2D eigenvalue weighted by molar-refractivity contribution is 6.43. The predicted octanol–water partition coefficient (Wildman–Crippen LogP) is 12.9. The first-order valence-corrected chi connectivity index (χ1v) is 19.3. The molecule has 0 aromatic heterocycles. The molecule has 2 heterocycles. The summed E-state index contributed by atoms with van der Waals surface area (Å²) >= 11 is 0. The van der Waals surface area contributed by atoms with Gasteiger partial charge in [0, 0.05) is 77.4 Å². The number of hydrogen-bond acceptors (Lipinski definition) is 4. The Labute approximate surface area is 332 Å². The molecule has 0 fully saturated rings. The summed E-state index contributed by atoms with van der Waals surface area (Å²) < 4.78 is 186. The lowest BCUT2D eigenvalue weighted by atomic mass is 9.76. The number of amides is 4. The highest BCUT2D eigenvalue weighted by Gasteiger charge is 2.50. The molecule has 320 valence electrons. The highest BCUT2D eigenvalue weighted by atomic mass is 19.4. The van der Waals surface area contributed by atoms with Crippen molar-refractivity contribution in [1.29, 1.82) is 0 Å². The molecule has 2 aliphatic heterocycles. The van der Waals surface area contributed by atoms with E-state index >= 15 is 52.7 Å². The molecular formula is C42H34F12N2O4. The van der Waals surface area contributed by atoms with E-state index < -0.39 is 148 Å². The van der Waals surface area contributed by atoms with E-state index in [4.69, 9.17) is 0 Å². The van der Waals surface area contributed by atoms with Gasteiger partial charge in [-0.3, -0.25) is 29.0 Å². The summed E-state index contributed by atoms with van der Waals surface area (Å²) in [7, 11) is 0. The quantitative estimate of drug-likeness (QED) is 0.0607. The van der Waals surface area contributed by atoms with Gasteiger partial charge in [0.05, 0.1) is 22.3 Å². The summed E-state index contributed by atoms with van der Waals surface area (Å²) in [4.78, 5) is 57.8. The number of carbonyl (C=O) groups excluding carboxylic acids is 4. The van der Waals surface area contributed by atoms with Crippen molar-refractivity contribution in [3.63, 3.8) is 0 Å². The highest BCUT2D eigenvalue weighted by Crippen LogP contribution is 2.57. The first-order valence-electron chi connectivity index (χ1n) is 19.3. The number of alkyl halides is 12. The van der Waals surface area contributed by atoms with Crippen molar-refractivity contribution in [2.45, 2.75) is 116 Å². The topological polar surface area (TPSA) is 74.8 Å². The van der Waals surface area contributed by atoms with Crippen LogP contribution in [0.3, 0.4) is 0 Å². The minimum Gasteiger partial charge on any atom is -0.271 e. The smallest absolute Gasteiger partial charge is 0.271 e. The summed E-state index contributed by atoms with van der Waals surface area (Å²) in [6, 6.07) is -1.69. The van der Waals surface area contributed by atoms with Crippen LogP contribution in [0, 0.1) is 0 Å². The molecule has 0 N–H and O–H groups in total. The third-order valence-electron chi connectivity index (χ3n) is 11.8. The maximum Gasteiger partial charge on any atom is 0.417 e. The fraction of sp³-hybridized carbons (Fsp3) is 0.429. The zero-order valence-electron chi connectivity index (χ0n) is 32.2. The van der Waals surface area contributed by atoms with Crippen LogP contribution in [0.4, 0.5) is 52.7 Å². The van der Waals surface area contributed by atoms with Gasteiger partial charge in [-0.25, -0.2) is 0 Å². The van der Waals surface area contributed by atoms with Gasteiger partial charge in [0.25, 0.3) is 23.6 Å². The summed E-state index contributed by atoms with van der Waals surface area (Å²) in [5, 5.41) is -11.7. The van der Waals surface area contributed by atoms with Crippen molar-refractivity contribution in [2.75, 3.05) is 0 Å². The average molecular weight is 859 g/mol. The van der Waals surface area contributed by atoms with Crippen LogP contribution in [0.25, 0.3) is 43.1 Å². The van der Waals surface area contributed by atoms with E-state index in [1.165, 1.54) is 13.8 Å². The standard InChI is InChI=1S/C42H34F12N2O4/c1-5-9-11-17(7-3)55-35(57)19-13-23(39(43,44)45)29-31-25(41(49,50)51)15-21-28-22(38(60)56(37(21)59)18(8-4)12-10-6-2)16-26(42(52,53)54)32(34(28)31)30-24(40(46,47)48)14-20(36(55)58)27(19)33(29)30/h13-18H,5-12H2,1-4H3. The van der Waals surface area contributed by atoms with E-state index in [0.717, 1.165) is 0 Å². The van der Waals surface area contributed by atoms with Crippen molar-refractivity contribution in [3.8, 4) is 0 Å². The third kappa shape index (κ3) is 6.24. The van der Waals surface area contributed by atoms with Crippen LogP contribution in [0.15, 0.2) is 24.3 Å². The second kappa shape index (κ2) is 14.2. The molecule has 5 aromatic carbocycles. The van der Waals surface area contributed by atoms with Gasteiger partial charge < -0.3 is 0 Å². The maximum absolute atomic E-state index is 15.5. The minimum atomic E-state index is -5.80. The van der Waals surface area contributed by atoms with E-state index in [9.17, 15) is 19.2 Å². The number of unbranched alkanes of at least 4 members (excludes halogenated alkanes) is 2. The molecule has 0 radical (unpaired) electrons. The second-order valence-electron chi connectivity index (χ2n) is 15.2. The van der Waals surface area contributed by atoms with Gasteiger partial charge in [-0.05, 0) is 49.9 Å². The fourth-order valence-corrected chi connectivity index (χ4v) is 9.16. The molecule has 0 saturated heterocycles. The Balaban J connectivity index is 1.83. The Morgan fingerprint density at radius 3 is 0.817 bits per heavy atom. The molecule has 18 heteroatoms. The SMILES string of the molecule is CCCCC(CC)N1C(=O)c2cc(C(F)(F)F)c3c4c(C(F)(F)F)cc5c6c(cc(C(F)(F)F)c(c7c(C(F)(F)F)cc(c2c37)C1=O)c64)C(=O)N(C(CC)CCCC)C5=O. The van der Waals surface area contributed by atoms with Crippen molar-refractivity contribution >= 4 is 66.7 Å². The maximum atomic E-state index is 15.5. The van der Waals surface area contributed by atoms with Crippen LogP contribution >= 0.6 is 0 Å². The molecule has 60 heavy (non-hydrogen) atoms. The van der Waals surface area contributed by atoms with E-state index in [1.807, 2.05) is 0 Å². The largest absolute Gasteiger partial charge is 0.417 e. The first kappa shape index (κ1) is 42.9. The number of halogens is 12. The van der Waals surface area contributed by atoms with E-state index in [-0.39, 0.29) is 49.9 Å². The normalized spacial score (nSPS) is 16.5. The second-order valence-corrected chi connectivity index (χ2v) is 15.2. The van der Waals surface area contributed by atoms with Crippen LogP contribution in [-0.2, 0) is 24.7 Å². The molecule has 0 aliphatic carbocycles. The Morgan fingerprint density at radius 2 is 0.633 bits per heavy atom. The van der Waals surface area contributed by atoms with Gasteiger partial charge in [-0.2, -0.15) is 52.7 Å². The molecule has 6 nitrogen and oxygen atoms in total. The van der Waals surface area contributed by atoms with Crippen LogP contribution in [0.2, 0.25) is 0 Å². The van der Waals surface area contributed by atoms with Gasteiger partial charge in [0.1, 0.15) is 0 Å². The number of rotatable bonds is 10. The Morgan fingerprint density at radius 1 is 0.400 bits per heavy atom. The monoisotopic (exact) mass is 858 g/mol. The zero-order valence-corrected chi connectivity index (χ0v) is 32.2. The summed E-state index contributed by atoms with van der Waals surface area (Å²) in [6.45, 7) is 6.50. The Hall–Kier alpha value is -5.16. The lowest BCUT2D eigenvalue weighted by Crippen LogP contribution is -2.47. The Bertz CT molecular complexity index is 2320. The first-order chi connectivity index (χ1) is 27.9. The molecule has 2 unspecified atom stereocenters. The molecule has 2 aliphatic rings. The van der Waals surface area contributed by atoms with Crippen molar-refractivity contribution in [1.82, 2.24) is 9.80 Å². The van der Waals surface area contributed by atoms with E-state index in [2.05, 4.69) is 0 Å². The molecule has 0 saturated carbocycles. The van der Waals surface area contributed by atoms with Gasteiger partial charge in [-0.15, -0.1) is 0 Å². The number of fused-ring (bicyclic) bond motifs is 2. The lowest BCUT2D eigenvalue weighted by Gasteiger charge is -2.37. The minimum absolute atomic E-state index is 0.000773. The third-order valence-corrected chi connectivity index (χ3v) is 11.8. The molecule has 5 aromatic rings. The van der Waals surface area contributed by atoms with Gasteiger partial charge in [0.2, 0.25) is 0 Å². The molecule has 0 bridgehead atoms. The molecule has 4 amide bonds. The van der Waals surface area contributed by atoms with Crippen molar-refractivity contribution < 1.29 is 71.9 Å². The fourth-order valence-electron chi connectivity index (χ4n) is 9.16. The van der Waals surface area contributed by atoms with Crippen LogP contribution in [0.1, 0.15) is 143 Å². The predicted molar refractivity (Wildman–Crippen MR) is 196 cm³/mol. The Kier molecular flexibility index (Phi) is 10.2. The zero-order chi connectivity index (χ0) is 44.3. The molecule has 2 atom stereocenters. The van der Waals surface area contributed by atoms with Crippen LogP contribution in [-0.4, -0.2) is 45.5 Å². The van der Waals surface area contributed by atoms with Gasteiger partial charge in [-0.1, -0.05) is 53.4 Å². The van der Waals surface area contributed by atoms with E-state index in [0.29, 0.717) is 35.5 Å². The summed E-state index contributed by atoms with van der Waals surface area (Å²) in [5.41, 5.74) is -12.7. The molecule has 0 spiro atoms. The lowest BCUT2D eigenvalue weighted by molar-refractivity contribution is -0.138. The number of imide groups is 2. The summed E-state index contributed by atoms with van der Waals surface area (Å²) in [6.07, 6.45) is -21.3. The van der Waals surface area contributed by atoms with Crippen LogP contribution < -0.4 is 0 Å². The van der Waals surface area contributed by atoms with Gasteiger partial charge >= 0.3 is 24.7 Å².